The highest BCUT2D eigenvalue weighted by Crippen LogP contribution is 2.30. The molecule has 0 bridgehead atoms. The van der Waals surface area contributed by atoms with Gasteiger partial charge >= 0.3 is 6.09 Å². The fourth-order valence-electron chi connectivity index (χ4n) is 4.20. The van der Waals surface area contributed by atoms with E-state index in [1.54, 1.807) is 33.9 Å². The summed E-state index contributed by atoms with van der Waals surface area (Å²) in [5.74, 6) is -0.400. The fraction of sp³-hybridized carbons (Fsp3) is 0.440. The van der Waals surface area contributed by atoms with Crippen molar-refractivity contribution in [2.75, 3.05) is 31.2 Å². The van der Waals surface area contributed by atoms with Crippen molar-refractivity contribution >= 4 is 33.2 Å². The maximum absolute atomic E-state index is 12.6. The number of hydrogen-bond donors (Lipinski definition) is 2. The van der Waals surface area contributed by atoms with Crippen LogP contribution in [0.3, 0.4) is 0 Å². The Labute approximate surface area is 216 Å². The highest BCUT2D eigenvalue weighted by molar-refractivity contribution is 7.88. The molecular weight excluding hydrogens is 496 g/mol. The minimum absolute atomic E-state index is 0.0836. The Morgan fingerprint density at radius 3 is 2.73 bits per heavy atom. The quantitative estimate of drug-likeness (QED) is 0.502. The lowest BCUT2D eigenvalue weighted by Gasteiger charge is -2.34. The van der Waals surface area contributed by atoms with Crippen LogP contribution in [-0.2, 0) is 19.6 Å². The number of nitrogens with one attached hydrogen (secondary N) is 2. The molecule has 0 aliphatic carbocycles. The van der Waals surface area contributed by atoms with Crippen molar-refractivity contribution < 1.29 is 22.7 Å². The summed E-state index contributed by atoms with van der Waals surface area (Å²) in [5, 5.41) is 7.09. The molecule has 2 amide bonds. The minimum Gasteiger partial charge on any atom is -0.444 e. The molecular formula is C25H32N6O5S. The SMILES string of the molecule is CC(C)(C)OC(=O)N1CCCC(c2cccc(-c3cnn4ccc(NC(=O)CNS(C)(=O)=O)cc34)n2)C1. The van der Waals surface area contributed by atoms with Crippen LogP contribution in [0.15, 0.2) is 42.7 Å². The third kappa shape index (κ3) is 7.04. The highest BCUT2D eigenvalue weighted by Gasteiger charge is 2.29. The number of ether oxygens (including phenoxy) is 1. The number of pyridine rings is 2. The van der Waals surface area contributed by atoms with E-state index in [1.165, 1.54) is 0 Å². The third-order valence-corrected chi connectivity index (χ3v) is 6.51. The molecule has 12 heteroatoms. The molecule has 4 heterocycles. The van der Waals surface area contributed by atoms with Gasteiger partial charge in [0.1, 0.15) is 5.60 Å². The zero-order chi connectivity index (χ0) is 26.8. The fourth-order valence-corrected chi connectivity index (χ4v) is 4.59. The van der Waals surface area contributed by atoms with E-state index in [2.05, 4.69) is 15.1 Å². The van der Waals surface area contributed by atoms with Crippen LogP contribution in [0.5, 0.6) is 0 Å². The Morgan fingerprint density at radius 2 is 2.00 bits per heavy atom. The number of hydrogen-bond acceptors (Lipinski definition) is 7. The second kappa shape index (κ2) is 10.5. The predicted molar refractivity (Wildman–Crippen MR) is 140 cm³/mol. The zero-order valence-electron chi connectivity index (χ0n) is 21.4. The van der Waals surface area contributed by atoms with Gasteiger partial charge in [0.05, 0.1) is 30.2 Å². The van der Waals surface area contributed by atoms with E-state index in [9.17, 15) is 18.0 Å². The number of likely N-dealkylation sites (tertiary alicyclic amines) is 1. The second-order valence-corrected chi connectivity index (χ2v) is 12.0. The van der Waals surface area contributed by atoms with Gasteiger partial charge in [-0.3, -0.25) is 9.78 Å². The van der Waals surface area contributed by atoms with Crippen molar-refractivity contribution in [3.63, 3.8) is 0 Å². The molecule has 1 fully saturated rings. The smallest absolute Gasteiger partial charge is 0.410 e. The average molecular weight is 529 g/mol. The lowest BCUT2D eigenvalue weighted by atomic mass is 9.94. The summed E-state index contributed by atoms with van der Waals surface area (Å²) < 4.78 is 31.9. The van der Waals surface area contributed by atoms with Crippen molar-refractivity contribution in [2.24, 2.45) is 0 Å². The van der Waals surface area contributed by atoms with Crippen LogP contribution in [0.25, 0.3) is 16.8 Å². The van der Waals surface area contributed by atoms with Gasteiger partial charge in [0, 0.05) is 42.1 Å². The molecule has 0 radical (unpaired) electrons. The molecule has 1 aliphatic rings. The first kappa shape index (κ1) is 26.6. The molecule has 3 aromatic heterocycles. The molecule has 1 aliphatic heterocycles. The maximum Gasteiger partial charge on any atom is 0.410 e. The molecule has 1 unspecified atom stereocenters. The lowest BCUT2D eigenvalue weighted by Crippen LogP contribution is -2.42. The van der Waals surface area contributed by atoms with Crippen LogP contribution >= 0.6 is 0 Å². The Kier molecular flexibility index (Phi) is 7.51. The first-order valence-corrected chi connectivity index (χ1v) is 13.9. The standard InChI is InChI=1S/C25H32N6O5S/c1-25(2,3)36-24(33)30-11-6-7-17(16-30)20-8-5-9-21(29-20)19-14-26-31-12-10-18(13-22(19)31)28-23(32)15-27-37(4,34)35/h5,8-10,12-14,17,27H,6-7,11,15-16H2,1-4H3,(H,28,32). The number of rotatable bonds is 6. The molecule has 11 nitrogen and oxygen atoms in total. The first-order chi connectivity index (χ1) is 17.4. The van der Waals surface area contributed by atoms with Crippen LogP contribution in [0.1, 0.15) is 45.2 Å². The zero-order valence-corrected chi connectivity index (χ0v) is 22.2. The van der Waals surface area contributed by atoms with Crippen LogP contribution < -0.4 is 10.0 Å². The van der Waals surface area contributed by atoms with Gasteiger partial charge in [-0.05, 0) is 57.9 Å². The molecule has 37 heavy (non-hydrogen) atoms. The number of piperidine rings is 1. The summed E-state index contributed by atoms with van der Waals surface area (Å²) in [6.45, 7) is 6.41. The molecule has 0 saturated carbocycles. The van der Waals surface area contributed by atoms with Crippen molar-refractivity contribution in [3.05, 3.63) is 48.4 Å². The van der Waals surface area contributed by atoms with Crippen LogP contribution in [0.2, 0.25) is 0 Å². The predicted octanol–water partition coefficient (Wildman–Crippen LogP) is 3.00. The average Bonchev–Trinajstić information content (AvgIpc) is 3.25. The van der Waals surface area contributed by atoms with Crippen LogP contribution in [0, 0.1) is 0 Å². The van der Waals surface area contributed by atoms with Crippen molar-refractivity contribution in [1.29, 1.82) is 0 Å². The molecule has 0 aromatic carbocycles. The number of nitrogens with zero attached hydrogens (tertiary/aromatic N) is 4. The third-order valence-electron chi connectivity index (χ3n) is 5.84. The van der Waals surface area contributed by atoms with Crippen LogP contribution in [-0.4, -0.2) is 71.4 Å². The van der Waals surface area contributed by atoms with Gasteiger partial charge < -0.3 is 15.0 Å². The molecule has 1 saturated heterocycles. The van der Waals surface area contributed by atoms with Crippen LogP contribution in [0.4, 0.5) is 10.5 Å². The molecule has 198 valence electrons. The van der Waals surface area contributed by atoms with E-state index in [4.69, 9.17) is 9.72 Å². The number of amides is 2. The van der Waals surface area contributed by atoms with E-state index < -0.39 is 21.5 Å². The summed E-state index contributed by atoms with van der Waals surface area (Å²) >= 11 is 0. The Morgan fingerprint density at radius 1 is 1.22 bits per heavy atom. The molecule has 4 rings (SSSR count). The Bertz CT molecular complexity index is 1410. The van der Waals surface area contributed by atoms with Gasteiger partial charge in [0.15, 0.2) is 0 Å². The number of sulfonamides is 1. The number of anilines is 1. The molecule has 3 aromatic rings. The van der Waals surface area contributed by atoms with E-state index in [1.807, 2.05) is 39.0 Å². The summed E-state index contributed by atoms with van der Waals surface area (Å²) in [5.41, 5.74) is 3.09. The van der Waals surface area contributed by atoms with E-state index in [0.29, 0.717) is 18.8 Å². The lowest BCUT2D eigenvalue weighted by molar-refractivity contribution is -0.115. The number of carbonyl (C=O) groups excluding carboxylic acids is 2. The molecule has 0 spiro atoms. The normalized spacial score (nSPS) is 16.5. The first-order valence-electron chi connectivity index (χ1n) is 12.0. The summed E-state index contributed by atoms with van der Waals surface area (Å²) in [7, 11) is -3.47. The topological polar surface area (TPSA) is 135 Å². The number of carbonyl (C=O) groups is 2. The minimum atomic E-state index is -3.47. The summed E-state index contributed by atoms with van der Waals surface area (Å²) in [6.07, 6.45) is 5.89. The molecule has 1 atom stereocenters. The summed E-state index contributed by atoms with van der Waals surface area (Å²) in [6, 6.07) is 9.25. The molecule has 2 N–H and O–H groups in total. The Hall–Kier alpha value is -3.51. The summed E-state index contributed by atoms with van der Waals surface area (Å²) in [4.78, 5) is 31.4. The Balaban J connectivity index is 1.53. The second-order valence-electron chi connectivity index (χ2n) is 10.2. The number of aromatic nitrogens is 3. The van der Waals surface area contributed by atoms with E-state index in [-0.39, 0.29) is 18.6 Å². The maximum atomic E-state index is 12.6. The van der Waals surface area contributed by atoms with Crippen molar-refractivity contribution in [1.82, 2.24) is 24.2 Å². The monoisotopic (exact) mass is 528 g/mol. The van der Waals surface area contributed by atoms with Gasteiger partial charge in [-0.1, -0.05) is 6.07 Å². The van der Waals surface area contributed by atoms with E-state index >= 15 is 0 Å². The van der Waals surface area contributed by atoms with Gasteiger partial charge in [-0.2, -0.15) is 5.10 Å². The number of fused-ring (bicyclic) bond motifs is 1. The van der Waals surface area contributed by atoms with Gasteiger partial charge in [0.2, 0.25) is 15.9 Å². The van der Waals surface area contributed by atoms with Gasteiger partial charge in [-0.15, -0.1) is 0 Å². The van der Waals surface area contributed by atoms with Gasteiger partial charge in [0.25, 0.3) is 0 Å². The highest BCUT2D eigenvalue weighted by atomic mass is 32.2. The van der Waals surface area contributed by atoms with Crippen molar-refractivity contribution in [2.45, 2.75) is 45.1 Å². The van der Waals surface area contributed by atoms with Crippen molar-refractivity contribution in [3.8, 4) is 11.3 Å². The van der Waals surface area contributed by atoms with Gasteiger partial charge in [-0.25, -0.2) is 22.4 Å². The van der Waals surface area contributed by atoms with E-state index in [0.717, 1.165) is 41.6 Å². The largest absolute Gasteiger partial charge is 0.444 e.